The van der Waals surface area contributed by atoms with Gasteiger partial charge in [-0.15, -0.1) is 0 Å². The number of hydrogen-bond donors (Lipinski definition) is 0. The molecule has 0 aromatic rings. The van der Waals surface area contributed by atoms with E-state index in [2.05, 4.69) is 20.8 Å². The zero-order valence-corrected chi connectivity index (χ0v) is 21.8. The highest BCUT2D eigenvalue weighted by molar-refractivity contribution is 5.94. The molecular weight excluding hydrogens is 400 g/mol. The molecule has 0 aromatic carbocycles. The molecule has 0 radical (unpaired) electrons. The predicted molar refractivity (Wildman–Crippen MR) is 135 cm³/mol. The fraction of sp³-hybridized carbons (Fsp3) is 0.929. The van der Waals surface area contributed by atoms with Gasteiger partial charge in [-0.05, 0) is 19.3 Å². The van der Waals surface area contributed by atoms with Gasteiger partial charge in [0.05, 0.1) is 13.2 Å². The molecule has 0 aliphatic heterocycles. The van der Waals surface area contributed by atoms with Gasteiger partial charge in [0.2, 0.25) is 0 Å². The molecule has 0 spiro atoms. The summed E-state index contributed by atoms with van der Waals surface area (Å²) < 4.78 is 10.9. The second kappa shape index (κ2) is 24.6. The first-order valence-corrected chi connectivity index (χ1v) is 14.0. The summed E-state index contributed by atoms with van der Waals surface area (Å²) in [5.74, 6) is -1.51. The molecule has 0 heterocycles. The van der Waals surface area contributed by atoms with Gasteiger partial charge in [0, 0.05) is 0 Å². The molecule has 0 N–H and O–H groups in total. The summed E-state index contributed by atoms with van der Waals surface area (Å²) in [5.41, 5.74) is 0. The highest BCUT2D eigenvalue weighted by Crippen LogP contribution is 2.16. The molecule has 0 aliphatic rings. The molecule has 0 bridgehead atoms. The van der Waals surface area contributed by atoms with E-state index in [-0.39, 0.29) is 11.9 Å². The normalized spacial score (nSPS) is 11.1. The van der Waals surface area contributed by atoms with E-state index in [1.807, 2.05) is 0 Å². The van der Waals surface area contributed by atoms with Gasteiger partial charge >= 0.3 is 11.9 Å². The maximum atomic E-state index is 12.5. The molecule has 0 saturated carbocycles. The fourth-order valence-electron chi connectivity index (χ4n) is 3.95. The Kier molecular flexibility index (Phi) is 23.8. The van der Waals surface area contributed by atoms with Crippen LogP contribution in [0.15, 0.2) is 0 Å². The number of hydrogen-bond acceptors (Lipinski definition) is 4. The lowest BCUT2D eigenvalue weighted by Crippen LogP contribution is -2.28. The summed E-state index contributed by atoms with van der Waals surface area (Å²) in [7, 11) is 0. The molecule has 0 aliphatic carbocycles. The molecule has 0 unspecified atom stereocenters. The van der Waals surface area contributed by atoms with Crippen LogP contribution in [0.4, 0.5) is 0 Å². The van der Waals surface area contributed by atoms with Crippen LogP contribution in [0, 0.1) is 5.92 Å². The first kappa shape index (κ1) is 30.9. The lowest BCUT2D eigenvalue weighted by atomic mass is 10.0. The molecule has 190 valence electrons. The first-order valence-electron chi connectivity index (χ1n) is 14.0. The zero-order chi connectivity index (χ0) is 23.7. The van der Waals surface area contributed by atoms with Gasteiger partial charge in [0.15, 0.2) is 5.92 Å². The van der Waals surface area contributed by atoms with Crippen molar-refractivity contribution in [2.75, 3.05) is 13.2 Å². The SMILES string of the molecule is CCCCCCCCCCOC(=O)C(CCCCC)C(=O)OCCCCCCCCCC. The Balaban J connectivity index is 4.03. The van der Waals surface area contributed by atoms with E-state index in [0.29, 0.717) is 19.6 Å². The van der Waals surface area contributed by atoms with Crippen molar-refractivity contribution in [2.45, 2.75) is 149 Å². The van der Waals surface area contributed by atoms with Crippen LogP contribution in [-0.2, 0) is 19.1 Å². The molecule has 4 nitrogen and oxygen atoms in total. The van der Waals surface area contributed by atoms with E-state index in [4.69, 9.17) is 9.47 Å². The van der Waals surface area contributed by atoms with Crippen molar-refractivity contribution in [1.29, 1.82) is 0 Å². The topological polar surface area (TPSA) is 52.6 Å². The van der Waals surface area contributed by atoms with Gasteiger partial charge in [-0.2, -0.15) is 0 Å². The minimum absolute atomic E-state index is 0.384. The van der Waals surface area contributed by atoms with Crippen molar-refractivity contribution in [3.8, 4) is 0 Å². The molecule has 4 heteroatoms. The van der Waals surface area contributed by atoms with Crippen LogP contribution in [0.3, 0.4) is 0 Å². The third-order valence-corrected chi connectivity index (χ3v) is 6.15. The minimum Gasteiger partial charge on any atom is -0.465 e. The number of esters is 2. The van der Waals surface area contributed by atoms with Crippen LogP contribution in [0.2, 0.25) is 0 Å². The maximum absolute atomic E-state index is 12.5. The van der Waals surface area contributed by atoms with Crippen LogP contribution in [-0.4, -0.2) is 25.2 Å². The molecule has 0 aromatic heterocycles. The van der Waals surface area contributed by atoms with E-state index < -0.39 is 5.92 Å². The molecule has 0 rings (SSSR count). The highest BCUT2D eigenvalue weighted by atomic mass is 16.6. The third kappa shape index (κ3) is 19.6. The number of carbonyl (C=O) groups is 2. The summed E-state index contributed by atoms with van der Waals surface area (Å²) in [5, 5.41) is 0. The van der Waals surface area contributed by atoms with E-state index in [1.54, 1.807) is 0 Å². The largest absolute Gasteiger partial charge is 0.465 e. The Hall–Kier alpha value is -1.06. The Morgan fingerprint density at radius 3 is 1.16 bits per heavy atom. The Morgan fingerprint density at radius 2 is 0.781 bits per heavy atom. The molecule has 0 fully saturated rings. The van der Waals surface area contributed by atoms with Crippen molar-refractivity contribution < 1.29 is 19.1 Å². The second-order valence-corrected chi connectivity index (χ2v) is 9.33. The highest BCUT2D eigenvalue weighted by Gasteiger charge is 2.29. The molecule has 0 atom stereocenters. The quantitative estimate of drug-likeness (QED) is 0.0832. The van der Waals surface area contributed by atoms with Crippen LogP contribution < -0.4 is 0 Å². The van der Waals surface area contributed by atoms with Gasteiger partial charge in [-0.1, -0.05) is 130 Å². The van der Waals surface area contributed by atoms with Crippen LogP contribution in [0.5, 0.6) is 0 Å². The monoisotopic (exact) mass is 454 g/mol. The molecule has 0 amide bonds. The van der Waals surface area contributed by atoms with Crippen LogP contribution >= 0.6 is 0 Å². The second-order valence-electron chi connectivity index (χ2n) is 9.33. The van der Waals surface area contributed by atoms with Gasteiger partial charge in [0.25, 0.3) is 0 Å². The maximum Gasteiger partial charge on any atom is 0.320 e. The Labute approximate surface area is 199 Å². The van der Waals surface area contributed by atoms with E-state index in [0.717, 1.165) is 44.9 Å². The van der Waals surface area contributed by atoms with Crippen molar-refractivity contribution in [3.05, 3.63) is 0 Å². The number of unbranched alkanes of at least 4 members (excludes halogenated alkanes) is 16. The Bertz CT molecular complexity index is 388. The fourth-order valence-corrected chi connectivity index (χ4v) is 3.95. The standard InChI is InChI=1S/C28H54O4/c1-4-7-10-12-14-16-18-21-24-31-27(29)26(23-20-9-6-3)28(30)32-25-22-19-17-15-13-11-8-5-2/h26H,4-25H2,1-3H3. The molecule has 0 saturated heterocycles. The van der Waals surface area contributed by atoms with E-state index in [9.17, 15) is 9.59 Å². The lowest BCUT2D eigenvalue weighted by Gasteiger charge is -2.15. The van der Waals surface area contributed by atoms with Crippen LogP contribution in [0.1, 0.15) is 149 Å². The average molecular weight is 455 g/mol. The predicted octanol–water partition coefficient (Wildman–Crippen LogP) is 8.55. The summed E-state index contributed by atoms with van der Waals surface area (Å²) >= 11 is 0. The van der Waals surface area contributed by atoms with Crippen molar-refractivity contribution >= 4 is 11.9 Å². The van der Waals surface area contributed by atoms with Crippen LogP contribution in [0.25, 0.3) is 0 Å². The van der Waals surface area contributed by atoms with Gasteiger partial charge in [0.1, 0.15) is 0 Å². The number of ether oxygens (including phenoxy) is 2. The van der Waals surface area contributed by atoms with Crippen molar-refractivity contribution in [3.63, 3.8) is 0 Å². The van der Waals surface area contributed by atoms with E-state index in [1.165, 1.54) is 77.0 Å². The van der Waals surface area contributed by atoms with Gasteiger partial charge in [-0.25, -0.2) is 0 Å². The van der Waals surface area contributed by atoms with Crippen molar-refractivity contribution in [2.24, 2.45) is 5.92 Å². The zero-order valence-electron chi connectivity index (χ0n) is 21.8. The minimum atomic E-state index is -0.746. The molecular formula is C28H54O4. The van der Waals surface area contributed by atoms with Gasteiger partial charge in [-0.3, -0.25) is 9.59 Å². The number of carbonyl (C=O) groups excluding carboxylic acids is 2. The summed E-state index contributed by atoms with van der Waals surface area (Å²) in [6, 6.07) is 0. The average Bonchev–Trinajstić information content (AvgIpc) is 2.79. The number of rotatable bonds is 24. The summed E-state index contributed by atoms with van der Waals surface area (Å²) in [6.45, 7) is 7.43. The lowest BCUT2D eigenvalue weighted by molar-refractivity contribution is -0.162. The first-order chi connectivity index (χ1) is 15.7. The van der Waals surface area contributed by atoms with Crippen molar-refractivity contribution in [1.82, 2.24) is 0 Å². The summed E-state index contributed by atoms with van der Waals surface area (Å²) in [4.78, 5) is 25.0. The van der Waals surface area contributed by atoms with Gasteiger partial charge < -0.3 is 9.47 Å². The Morgan fingerprint density at radius 1 is 0.469 bits per heavy atom. The smallest absolute Gasteiger partial charge is 0.320 e. The van der Waals surface area contributed by atoms with E-state index >= 15 is 0 Å². The summed E-state index contributed by atoms with van der Waals surface area (Å²) in [6.07, 6.45) is 22.8. The molecule has 32 heavy (non-hydrogen) atoms. The third-order valence-electron chi connectivity index (χ3n) is 6.15.